The average Bonchev–Trinajstić information content (AvgIpc) is 3.34. The topological polar surface area (TPSA) is 3.24 Å². The van der Waals surface area contributed by atoms with Gasteiger partial charge in [0, 0.05) is 17.1 Å². The number of rotatable bonds is 6. The lowest BCUT2D eigenvalue weighted by atomic mass is 9.85. The highest BCUT2D eigenvalue weighted by Crippen LogP contribution is 2.46. The van der Waals surface area contributed by atoms with E-state index in [1.54, 1.807) is 29.2 Å². The molecule has 0 radical (unpaired) electrons. The van der Waals surface area contributed by atoms with Gasteiger partial charge in [-0.3, -0.25) is 0 Å². The van der Waals surface area contributed by atoms with Crippen molar-refractivity contribution in [1.82, 2.24) is 0 Å². The second-order valence-corrected chi connectivity index (χ2v) is 12.7. The molecule has 0 aliphatic heterocycles. The van der Waals surface area contributed by atoms with E-state index in [0.717, 1.165) is 43.8 Å². The van der Waals surface area contributed by atoms with E-state index in [-0.39, 0.29) is 27.2 Å². The first-order chi connectivity index (χ1) is 31.7. The fraction of sp³-hybridized carbons (Fsp3) is 0. The van der Waals surface area contributed by atoms with E-state index in [1.807, 2.05) is 72.8 Å². The van der Waals surface area contributed by atoms with Crippen molar-refractivity contribution in [2.24, 2.45) is 0 Å². The lowest BCUT2D eigenvalue weighted by Crippen LogP contribution is -2.09. The summed E-state index contributed by atoms with van der Waals surface area (Å²) in [6.45, 7) is 0. The molecule has 1 nitrogen and oxygen atoms in total. The highest BCUT2D eigenvalue weighted by atomic mass is 15.1. The summed E-state index contributed by atoms with van der Waals surface area (Å²) in [7, 11) is 0. The summed E-state index contributed by atoms with van der Waals surface area (Å²) in [5, 5.41) is 2.90. The van der Waals surface area contributed by atoms with Gasteiger partial charge in [-0.1, -0.05) is 170 Å². The van der Waals surface area contributed by atoms with Gasteiger partial charge in [-0.05, 0) is 119 Å². The molecule has 53 heavy (non-hydrogen) atoms. The molecule has 0 unspecified atom stereocenters. The molecule has 0 heterocycles. The van der Waals surface area contributed by atoms with E-state index < -0.39 is 89.7 Å². The van der Waals surface area contributed by atoms with E-state index in [9.17, 15) is 8.22 Å². The molecule has 0 amide bonds. The Morgan fingerprint density at radius 2 is 0.868 bits per heavy atom. The van der Waals surface area contributed by atoms with Gasteiger partial charge >= 0.3 is 0 Å². The Bertz CT molecular complexity index is 3660. The van der Waals surface area contributed by atoms with E-state index in [1.165, 1.54) is 0 Å². The number of benzene rings is 10. The van der Waals surface area contributed by atoms with Crippen LogP contribution in [-0.4, -0.2) is 0 Å². The largest absolute Gasteiger partial charge is 0.310 e. The number of anilines is 3. The quantitative estimate of drug-likeness (QED) is 0.157. The van der Waals surface area contributed by atoms with Gasteiger partial charge in [0.05, 0.1) is 17.8 Å². The highest BCUT2D eigenvalue weighted by molar-refractivity contribution is 6.21. The molecule has 1 heteroatoms. The number of fused-ring (bicyclic) bond motifs is 6. The van der Waals surface area contributed by atoms with Crippen LogP contribution in [0.5, 0.6) is 0 Å². The molecule has 0 bridgehead atoms. The van der Waals surface area contributed by atoms with Gasteiger partial charge in [-0.15, -0.1) is 0 Å². The first kappa shape index (κ1) is 20.2. The van der Waals surface area contributed by atoms with Crippen LogP contribution < -0.4 is 4.90 Å². The van der Waals surface area contributed by atoms with Gasteiger partial charge in [-0.25, -0.2) is 0 Å². The summed E-state index contributed by atoms with van der Waals surface area (Å²) in [6, 6.07) is 35.3. The Morgan fingerprint density at radius 3 is 1.60 bits per heavy atom. The Morgan fingerprint density at radius 1 is 0.321 bits per heavy atom. The minimum absolute atomic E-state index is 0.120. The molecule has 0 saturated carbocycles. The highest BCUT2D eigenvalue weighted by Gasteiger charge is 2.19. The smallest absolute Gasteiger partial charge is 0.0645 e. The molecule has 0 spiro atoms. The first-order valence-electron chi connectivity index (χ1n) is 23.7. The van der Waals surface area contributed by atoms with Crippen LogP contribution in [0, 0.1) is 0 Å². The third-order valence-corrected chi connectivity index (χ3v) is 9.55. The molecule has 0 aliphatic carbocycles. The van der Waals surface area contributed by atoms with Crippen LogP contribution in [0.25, 0.3) is 76.5 Å². The number of para-hydroxylation sites is 1. The lowest BCUT2D eigenvalue weighted by molar-refractivity contribution is 1.28. The molecule has 10 aromatic rings. The summed E-state index contributed by atoms with van der Waals surface area (Å²) in [6.07, 6.45) is 0. The van der Waals surface area contributed by atoms with Crippen LogP contribution in [0.2, 0.25) is 0 Å². The molecular weight excluding hydrogens is 639 g/mol. The molecular formula is C52H35N. The number of nitrogens with zero attached hydrogens (tertiary/aromatic N) is 1. The monoisotopic (exact) mass is 686 g/mol. The molecule has 10 aromatic carbocycles. The molecule has 0 atom stereocenters. The molecule has 0 aliphatic rings. The van der Waals surface area contributed by atoms with Crippen LogP contribution in [0.3, 0.4) is 0 Å². The molecule has 0 fully saturated rings. The average molecular weight is 687 g/mol. The van der Waals surface area contributed by atoms with E-state index >= 15 is 0 Å². The summed E-state index contributed by atoms with van der Waals surface area (Å²) >= 11 is 0. The van der Waals surface area contributed by atoms with Gasteiger partial charge in [0.2, 0.25) is 0 Å². The zero-order valence-corrected chi connectivity index (χ0v) is 28.1. The number of hydrogen-bond acceptors (Lipinski definition) is 1. The molecule has 0 N–H and O–H groups in total. The third-order valence-electron chi connectivity index (χ3n) is 9.55. The van der Waals surface area contributed by atoms with Crippen molar-refractivity contribution in [3.8, 4) is 33.4 Å². The van der Waals surface area contributed by atoms with Crippen molar-refractivity contribution < 1.29 is 17.8 Å². The summed E-state index contributed by atoms with van der Waals surface area (Å²) in [4.78, 5) is 1.65. The van der Waals surface area contributed by atoms with E-state index in [4.69, 9.17) is 9.60 Å². The van der Waals surface area contributed by atoms with Gasteiger partial charge < -0.3 is 4.90 Å². The molecule has 0 saturated heterocycles. The SMILES string of the molecule is [2H]c1c([2H])c(N(c2ccccc2)c2cccc(-c3c(-c4ccccc4)c4ccccc4c4ccccc34)c2)c([2H])c([2H])c1-c1c([2H])c([2H])c2c(c1[2H])c([2H])c([2H])c1c([2H])c([2H])c([2H])c([2H])c12. The third kappa shape index (κ3) is 5.42. The van der Waals surface area contributed by atoms with Crippen molar-refractivity contribution in [3.63, 3.8) is 0 Å². The predicted octanol–water partition coefficient (Wildman–Crippen LogP) is 14.8. The Balaban J connectivity index is 1.23. The van der Waals surface area contributed by atoms with Crippen LogP contribution in [0.4, 0.5) is 17.1 Å². The zero-order valence-electron chi connectivity index (χ0n) is 41.1. The van der Waals surface area contributed by atoms with E-state index in [0.29, 0.717) is 11.4 Å². The van der Waals surface area contributed by atoms with Crippen molar-refractivity contribution in [3.05, 3.63) is 212 Å². The number of hydrogen-bond donors (Lipinski definition) is 0. The summed E-state index contributed by atoms with van der Waals surface area (Å²) < 4.78 is 117. The van der Waals surface area contributed by atoms with Crippen molar-refractivity contribution in [2.75, 3.05) is 4.90 Å². The second-order valence-electron chi connectivity index (χ2n) is 12.7. The van der Waals surface area contributed by atoms with Crippen LogP contribution >= 0.6 is 0 Å². The predicted molar refractivity (Wildman–Crippen MR) is 227 cm³/mol. The zero-order chi connectivity index (χ0) is 46.5. The maximum Gasteiger partial charge on any atom is 0.0645 e. The van der Waals surface area contributed by atoms with E-state index in [2.05, 4.69) is 36.4 Å². The molecule has 10 rings (SSSR count). The minimum Gasteiger partial charge on any atom is -0.310 e. The first-order valence-corrected chi connectivity index (χ1v) is 17.2. The molecule has 0 aromatic heterocycles. The van der Waals surface area contributed by atoms with Gasteiger partial charge in [-0.2, -0.15) is 0 Å². The Kier molecular flexibility index (Phi) is 4.94. The lowest BCUT2D eigenvalue weighted by Gasteiger charge is -2.27. The Hall–Kier alpha value is -6.96. The summed E-state index contributed by atoms with van der Waals surface area (Å²) in [5.41, 5.74) is 3.80. The van der Waals surface area contributed by atoms with Crippen molar-refractivity contribution >= 4 is 60.2 Å². The fourth-order valence-electron chi connectivity index (χ4n) is 7.20. The van der Waals surface area contributed by atoms with Crippen molar-refractivity contribution in [1.29, 1.82) is 0 Å². The minimum atomic E-state index is -0.698. The summed E-state index contributed by atoms with van der Waals surface area (Å²) in [5.74, 6) is 0. The van der Waals surface area contributed by atoms with Gasteiger partial charge in [0.15, 0.2) is 0 Å². The normalized spacial score (nSPS) is 14.8. The molecule has 248 valence electrons. The van der Waals surface area contributed by atoms with Crippen molar-refractivity contribution in [2.45, 2.75) is 0 Å². The fourth-order valence-corrected chi connectivity index (χ4v) is 7.20. The maximum absolute atomic E-state index is 9.60. The van der Waals surface area contributed by atoms with Gasteiger partial charge in [0.25, 0.3) is 0 Å². The van der Waals surface area contributed by atoms with Gasteiger partial charge in [0.1, 0.15) is 0 Å². The van der Waals surface area contributed by atoms with Crippen LogP contribution in [-0.2, 0) is 0 Å². The maximum atomic E-state index is 9.60. The van der Waals surface area contributed by atoms with Crippen LogP contribution in [0.1, 0.15) is 17.8 Å². The van der Waals surface area contributed by atoms with Crippen LogP contribution in [0.15, 0.2) is 212 Å². The standard InChI is InChI=1S/C52H35N/c1-3-15-38(16-4-1)51-49-24-11-9-22-47(49)48-23-10-12-25-50(48)52(51)41-17-13-20-44(35-41)53(42-18-5-2-6-19-42)43-31-28-36(29-32-43)39-30-33-46-40(34-39)27-26-37-14-7-8-21-45(37)46/h1-35H/i7D,8D,14D,21D,26D,27D,28D,29D,30D,31D,32D,33D,34D. The second kappa shape index (κ2) is 13.0. The Labute approximate surface area is 327 Å².